The Hall–Kier alpha value is -1.45. The molecule has 1 N–H and O–H groups in total. The summed E-state index contributed by atoms with van der Waals surface area (Å²) in [4.78, 5) is 3.83. The zero-order chi connectivity index (χ0) is 13.0. The van der Waals surface area contributed by atoms with Crippen molar-refractivity contribution >= 4 is 11.6 Å². The first-order chi connectivity index (χ1) is 8.70. The Morgan fingerprint density at radius 1 is 1.28 bits per heavy atom. The Morgan fingerprint density at radius 2 is 2.11 bits per heavy atom. The number of rotatable bonds is 4. The van der Waals surface area contributed by atoms with E-state index in [2.05, 4.69) is 10.3 Å². The highest BCUT2D eigenvalue weighted by atomic mass is 35.5. The van der Waals surface area contributed by atoms with Crippen LogP contribution in [-0.2, 0) is 6.54 Å². The number of aromatic nitrogens is 1. The van der Waals surface area contributed by atoms with Gasteiger partial charge in [-0.3, -0.25) is 4.98 Å². The van der Waals surface area contributed by atoms with E-state index in [0.29, 0.717) is 10.6 Å². The van der Waals surface area contributed by atoms with Gasteiger partial charge in [0.25, 0.3) is 0 Å². The van der Waals surface area contributed by atoms with Crippen molar-refractivity contribution in [1.82, 2.24) is 10.3 Å². The maximum absolute atomic E-state index is 13.1. The normalized spacial score (nSPS) is 10.6. The highest BCUT2D eigenvalue weighted by molar-refractivity contribution is 6.33. The fourth-order valence-electron chi connectivity index (χ4n) is 1.73. The van der Waals surface area contributed by atoms with Crippen LogP contribution in [0.3, 0.4) is 0 Å². The third-order valence-electron chi connectivity index (χ3n) is 2.63. The number of benzene rings is 1. The quantitative estimate of drug-likeness (QED) is 0.912. The van der Waals surface area contributed by atoms with E-state index in [9.17, 15) is 4.39 Å². The minimum Gasteiger partial charge on any atom is -0.313 e. The van der Waals surface area contributed by atoms with E-state index in [1.54, 1.807) is 6.20 Å². The van der Waals surface area contributed by atoms with Crippen LogP contribution in [-0.4, -0.2) is 11.5 Å². The second-order valence-corrected chi connectivity index (χ2v) is 4.39. The van der Waals surface area contributed by atoms with Crippen LogP contribution in [0.5, 0.6) is 0 Å². The molecule has 18 heavy (non-hydrogen) atoms. The third kappa shape index (κ3) is 3.06. The van der Waals surface area contributed by atoms with Gasteiger partial charge in [-0.1, -0.05) is 30.7 Å². The molecular formula is C14H14ClFN2. The lowest BCUT2D eigenvalue weighted by Gasteiger charge is -2.07. The van der Waals surface area contributed by atoms with Crippen LogP contribution in [0.4, 0.5) is 4.39 Å². The molecular weight excluding hydrogens is 251 g/mol. The molecule has 0 radical (unpaired) electrons. The summed E-state index contributed by atoms with van der Waals surface area (Å²) in [5.41, 5.74) is 2.59. The second-order valence-electron chi connectivity index (χ2n) is 3.99. The van der Waals surface area contributed by atoms with Crippen LogP contribution in [0.25, 0.3) is 11.1 Å². The van der Waals surface area contributed by atoms with Crippen molar-refractivity contribution in [3.05, 3.63) is 53.1 Å². The van der Waals surface area contributed by atoms with Crippen LogP contribution < -0.4 is 5.32 Å². The van der Waals surface area contributed by atoms with Crippen molar-refractivity contribution in [1.29, 1.82) is 0 Å². The fourth-order valence-corrected chi connectivity index (χ4v) is 2.04. The minimum atomic E-state index is -0.361. The summed E-state index contributed by atoms with van der Waals surface area (Å²) >= 11 is 6.22. The lowest BCUT2D eigenvalue weighted by molar-refractivity contribution is 0.622. The smallest absolute Gasteiger partial charge is 0.142 e. The SMILES string of the molecule is CCNCc1ccc(-c2cncc(F)c2)c(Cl)c1. The van der Waals surface area contributed by atoms with E-state index >= 15 is 0 Å². The number of nitrogens with zero attached hydrogens (tertiary/aromatic N) is 1. The Bertz CT molecular complexity index is 543. The molecule has 1 aromatic heterocycles. The predicted octanol–water partition coefficient (Wildman–Crippen LogP) is 3.65. The van der Waals surface area contributed by atoms with Gasteiger partial charge in [-0.2, -0.15) is 0 Å². The number of hydrogen-bond donors (Lipinski definition) is 1. The van der Waals surface area contributed by atoms with Gasteiger partial charge in [-0.15, -0.1) is 0 Å². The third-order valence-corrected chi connectivity index (χ3v) is 2.94. The van der Waals surface area contributed by atoms with Crippen molar-refractivity contribution in [2.75, 3.05) is 6.54 Å². The van der Waals surface area contributed by atoms with E-state index in [0.717, 1.165) is 24.2 Å². The Morgan fingerprint density at radius 3 is 2.78 bits per heavy atom. The second kappa shape index (κ2) is 5.94. The van der Waals surface area contributed by atoms with Crippen molar-refractivity contribution in [2.45, 2.75) is 13.5 Å². The molecule has 0 amide bonds. The average molecular weight is 265 g/mol. The van der Waals surface area contributed by atoms with Gasteiger partial charge >= 0.3 is 0 Å². The van der Waals surface area contributed by atoms with Gasteiger partial charge < -0.3 is 5.32 Å². The summed E-state index contributed by atoms with van der Waals surface area (Å²) in [6, 6.07) is 7.20. The van der Waals surface area contributed by atoms with Crippen molar-refractivity contribution < 1.29 is 4.39 Å². The van der Waals surface area contributed by atoms with E-state index in [1.807, 2.05) is 25.1 Å². The molecule has 0 aliphatic heterocycles. The summed E-state index contributed by atoms with van der Waals surface area (Å²) in [5.74, 6) is -0.361. The molecule has 0 bridgehead atoms. The van der Waals surface area contributed by atoms with Crippen LogP contribution >= 0.6 is 11.6 Å². The molecule has 0 spiro atoms. The molecule has 0 atom stereocenters. The summed E-state index contributed by atoms with van der Waals surface area (Å²) in [7, 11) is 0. The van der Waals surface area contributed by atoms with E-state index < -0.39 is 0 Å². The number of pyridine rings is 1. The molecule has 1 aromatic carbocycles. The lowest BCUT2D eigenvalue weighted by atomic mass is 10.1. The largest absolute Gasteiger partial charge is 0.313 e. The summed E-state index contributed by atoms with van der Waals surface area (Å²) in [6.45, 7) is 3.74. The first kappa shape index (κ1) is 13.0. The monoisotopic (exact) mass is 264 g/mol. The van der Waals surface area contributed by atoms with Gasteiger partial charge in [0.15, 0.2) is 0 Å². The molecule has 2 rings (SSSR count). The Labute approximate surface area is 111 Å². The maximum Gasteiger partial charge on any atom is 0.142 e. The van der Waals surface area contributed by atoms with Crippen LogP contribution in [0, 0.1) is 5.82 Å². The van der Waals surface area contributed by atoms with Crippen molar-refractivity contribution in [2.24, 2.45) is 0 Å². The predicted molar refractivity (Wildman–Crippen MR) is 72.0 cm³/mol. The van der Waals surface area contributed by atoms with E-state index in [1.165, 1.54) is 12.3 Å². The molecule has 1 heterocycles. The minimum absolute atomic E-state index is 0.361. The highest BCUT2D eigenvalue weighted by Crippen LogP contribution is 2.28. The Balaban J connectivity index is 2.29. The maximum atomic E-state index is 13.1. The molecule has 0 saturated heterocycles. The molecule has 0 saturated carbocycles. The highest BCUT2D eigenvalue weighted by Gasteiger charge is 2.06. The molecule has 2 aromatic rings. The zero-order valence-corrected chi connectivity index (χ0v) is 10.8. The molecule has 94 valence electrons. The molecule has 2 nitrogen and oxygen atoms in total. The Kier molecular flexibility index (Phi) is 4.28. The topological polar surface area (TPSA) is 24.9 Å². The standard InChI is InChI=1S/C14H14ClFN2/c1-2-17-7-10-3-4-13(14(15)5-10)11-6-12(16)9-18-8-11/h3-6,8-9,17H,2,7H2,1H3. The molecule has 0 aliphatic rings. The molecule has 4 heteroatoms. The van der Waals surface area contributed by atoms with Crippen LogP contribution in [0.2, 0.25) is 5.02 Å². The summed E-state index contributed by atoms with van der Waals surface area (Å²) < 4.78 is 13.1. The zero-order valence-electron chi connectivity index (χ0n) is 10.1. The summed E-state index contributed by atoms with van der Waals surface area (Å²) in [6.07, 6.45) is 2.78. The number of halogens is 2. The average Bonchev–Trinajstić information content (AvgIpc) is 2.36. The fraction of sp³-hybridized carbons (Fsp3) is 0.214. The molecule has 0 unspecified atom stereocenters. The van der Waals surface area contributed by atoms with Crippen molar-refractivity contribution in [3.63, 3.8) is 0 Å². The van der Waals surface area contributed by atoms with E-state index in [4.69, 9.17) is 11.6 Å². The lowest BCUT2D eigenvalue weighted by Crippen LogP contribution is -2.11. The van der Waals surface area contributed by atoms with Gasteiger partial charge in [0.2, 0.25) is 0 Å². The molecule has 0 aliphatic carbocycles. The first-order valence-corrected chi connectivity index (χ1v) is 6.18. The van der Waals surface area contributed by atoms with Gasteiger partial charge in [0.05, 0.1) is 6.20 Å². The number of nitrogens with one attached hydrogen (secondary N) is 1. The van der Waals surface area contributed by atoms with Gasteiger partial charge in [-0.05, 0) is 24.2 Å². The molecule has 0 fully saturated rings. The van der Waals surface area contributed by atoms with Crippen molar-refractivity contribution in [3.8, 4) is 11.1 Å². The first-order valence-electron chi connectivity index (χ1n) is 5.80. The summed E-state index contributed by atoms with van der Waals surface area (Å²) in [5, 5.41) is 3.84. The van der Waals surface area contributed by atoms with Crippen LogP contribution in [0.15, 0.2) is 36.7 Å². The number of hydrogen-bond acceptors (Lipinski definition) is 2. The van der Waals surface area contributed by atoms with Gasteiger partial charge in [0.1, 0.15) is 5.82 Å². The van der Waals surface area contributed by atoms with Gasteiger partial charge in [-0.25, -0.2) is 4.39 Å². The van der Waals surface area contributed by atoms with Crippen LogP contribution in [0.1, 0.15) is 12.5 Å². The van der Waals surface area contributed by atoms with Gasteiger partial charge in [0, 0.05) is 28.9 Å². The van der Waals surface area contributed by atoms with E-state index in [-0.39, 0.29) is 5.82 Å².